The number of piperidine rings is 1. The number of nitrogens with zero attached hydrogens (tertiary/aromatic N) is 3. The van der Waals surface area contributed by atoms with Crippen LogP contribution in [0.3, 0.4) is 0 Å². The third-order valence-corrected chi connectivity index (χ3v) is 4.31. The summed E-state index contributed by atoms with van der Waals surface area (Å²) in [5, 5.41) is 11.4. The quantitative estimate of drug-likeness (QED) is 0.943. The predicted octanol–water partition coefficient (Wildman–Crippen LogP) is 3.46. The van der Waals surface area contributed by atoms with Gasteiger partial charge in [-0.1, -0.05) is 6.07 Å². The smallest absolute Gasteiger partial charge is 0.274 e. The van der Waals surface area contributed by atoms with Gasteiger partial charge in [-0.25, -0.2) is 0 Å². The average Bonchev–Trinajstić information content (AvgIpc) is 2.59. The second kappa shape index (κ2) is 6.77. The zero-order valence-electron chi connectivity index (χ0n) is 13.7. The van der Waals surface area contributed by atoms with Crippen LogP contribution in [0.1, 0.15) is 40.9 Å². The molecule has 120 valence electrons. The molecule has 1 aromatic carbocycles. The molecule has 2 heterocycles. The minimum Gasteiger partial charge on any atom is -0.339 e. The SMILES string of the molecule is Cc1ccc(Nc2ccc(C(=O)N3CCCCC3)nn2)cc1C. The van der Waals surface area contributed by atoms with E-state index in [1.165, 1.54) is 17.5 Å². The molecule has 1 N–H and O–H groups in total. The first-order valence-electron chi connectivity index (χ1n) is 8.11. The lowest BCUT2D eigenvalue weighted by atomic mass is 10.1. The molecule has 0 atom stereocenters. The fourth-order valence-corrected chi connectivity index (χ4v) is 2.74. The molecule has 0 aliphatic carbocycles. The van der Waals surface area contributed by atoms with E-state index < -0.39 is 0 Å². The van der Waals surface area contributed by atoms with Crippen molar-refractivity contribution in [1.29, 1.82) is 0 Å². The summed E-state index contributed by atoms with van der Waals surface area (Å²) < 4.78 is 0. The maximum absolute atomic E-state index is 12.4. The number of anilines is 2. The summed E-state index contributed by atoms with van der Waals surface area (Å²) in [5.41, 5.74) is 3.86. The predicted molar refractivity (Wildman–Crippen MR) is 91.0 cm³/mol. The highest BCUT2D eigenvalue weighted by Crippen LogP contribution is 2.18. The number of carbonyl (C=O) groups excluding carboxylic acids is 1. The summed E-state index contributed by atoms with van der Waals surface area (Å²) in [7, 11) is 0. The molecule has 0 radical (unpaired) electrons. The van der Waals surface area contributed by atoms with E-state index in [0.717, 1.165) is 31.6 Å². The Kier molecular flexibility index (Phi) is 4.55. The van der Waals surface area contributed by atoms with Crippen LogP contribution in [-0.2, 0) is 0 Å². The Morgan fingerprint density at radius 3 is 2.43 bits per heavy atom. The highest BCUT2D eigenvalue weighted by Gasteiger charge is 2.19. The zero-order valence-corrected chi connectivity index (χ0v) is 13.7. The number of amides is 1. The molecule has 0 spiro atoms. The van der Waals surface area contributed by atoms with Crippen molar-refractivity contribution in [1.82, 2.24) is 15.1 Å². The van der Waals surface area contributed by atoms with Crippen LogP contribution in [0.25, 0.3) is 0 Å². The number of benzene rings is 1. The van der Waals surface area contributed by atoms with E-state index in [2.05, 4.69) is 41.5 Å². The van der Waals surface area contributed by atoms with Crippen molar-refractivity contribution in [2.24, 2.45) is 0 Å². The second-order valence-corrected chi connectivity index (χ2v) is 6.08. The first-order chi connectivity index (χ1) is 11.1. The Morgan fingerprint density at radius 1 is 1.00 bits per heavy atom. The molecule has 0 bridgehead atoms. The number of likely N-dealkylation sites (tertiary alicyclic amines) is 1. The van der Waals surface area contributed by atoms with Crippen molar-refractivity contribution in [3.8, 4) is 0 Å². The van der Waals surface area contributed by atoms with Crippen LogP contribution >= 0.6 is 0 Å². The van der Waals surface area contributed by atoms with Gasteiger partial charge in [0.2, 0.25) is 0 Å². The number of carbonyl (C=O) groups is 1. The van der Waals surface area contributed by atoms with Crippen molar-refractivity contribution in [2.45, 2.75) is 33.1 Å². The Morgan fingerprint density at radius 2 is 1.78 bits per heavy atom. The molecular formula is C18H22N4O. The number of hydrogen-bond acceptors (Lipinski definition) is 4. The molecule has 1 aliphatic heterocycles. The van der Waals surface area contributed by atoms with E-state index in [1.807, 2.05) is 11.0 Å². The standard InChI is InChI=1S/C18H22N4O/c1-13-6-7-15(12-14(13)2)19-17-9-8-16(20-21-17)18(23)22-10-4-3-5-11-22/h6-9,12H,3-5,10-11H2,1-2H3,(H,19,21). The molecule has 23 heavy (non-hydrogen) atoms. The highest BCUT2D eigenvalue weighted by molar-refractivity contribution is 5.92. The summed E-state index contributed by atoms with van der Waals surface area (Å²) in [4.78, 5) is 14.2. The van der Waals surface area contributed by atoms with Gasteiger partial charge in [0.05, 0.1) is 0 Å². The first-order valence-corrected chi connectivity index (χ1v) is 8.11. The molecule has 0 unspecified atom stereocenters. The fourth-order valence-electron chi connectivity index (χ4n) is 2.74. The van der Waals surface area contributed by atoms with Gasteiger partial charge in [-0.3, -0.25) is 4.79 Å². The molecule has 1 aliphatic rings. The van der Waals surface area contributed by atoms with E-state index in [1.54, 1.807) is 12.1 Å². The van der Waals surface area contributed by atoms with Gasteiger partial charge in [-0.2, -0.15) is 0 Å². The first kappa shape index (κ1) is 15.5. The summed E-state index contributed by atoms with van der Waals surface area (Å²) in [6.07, 6.45) is 3.35. The van der Waals surface area contributed by atoms with Crippen LogP contribution in [-0.4, -0.2) is 34.1 Å². The van der Waals surface area contributed by atoms with Crippen LogP contribution in [0, 0.1) is 13.8 Å². The summed E-state index contributed by atoms with van der Waals surface area (Å²) in [6, 6.07) is 9.70. The molecular weight excluding hydrogens is 288 g/mol. The minimum absolute atomic E-state index is 0.0186. The van der Waals surface area contributed by atoms with E-state index in [-0.39, 0.29) is 5.91 Å². The maximum Gasteiger partial charge on any atom is 0.274 e. The molecule has 3 rings (SSSR count). The van der Waals surface area contributed by atoms with E-state index >= 15 is 0 Å². The highest BCUT2D eigenvalue weighted by atomic mass is 16.2. The van der Waals surface area contributed by atoms with Gasteiger partial charge in [-0.15, -0.1) is 10.2 Å². The van der Waals surface area contributed by atoms with Crippen molar-refractivity contribution >= 4 is 17.4 Å². The molecule has 1 saturated heterocycles. The van der Waals surface area contributed by atoms with E-state index in [9.17, 15) is 4.79 Å². The van der Waals surface area contributed by atoms with Gasteiger partial charge in [0.15, 0.2) is 11.5 Å². The average molecular weight is 310 g/mol. The van der Waals surface area contributed by atoms with Gasteiger partial charge < -0.3 is 10.2 Å². The molecule has 5 heteroatoms. The third kappa shape index (κ3) is 3.67. The number of aryl methyl sites for hydroxylation is 2. The Balaban J connectivity index is 1.68. The van der Waals surface area contributed by atoms with Crippen molar-refractivity contribution in [3.63, 3.8) is 0 Å². The Bertz CT molecular complexity index is 691. The van der Waals surface area contributed by atoms with Crippen LogP contribution in [0.2, 0.25) is 0 Å². The van der Waals surface area contributed by atoms with Crippen molar-refractivity contribution in [3.05, 3.63) is 47.2 Å². The lowest BCUT2D eigenvalue weighted by Gasteiger charge is -2.26. The summed E-state index contributed by atoms with van der Waals surface area (Å²) in [5.74, 6) is 0.623. The molecule has 1 aromatic heterocycles. The van der Waals surface area contributed by atoms with E-state index in [0.29, 0.717) is 11.5 Å². The lowest BCUT2D eigenvalue weighted by Crippen LogP contribution is -2.36. The lowest BCUT2D eigenvalue weighted by molar-refractivity contribution is 0.0717. The monoisotopic (exact) mass is 310 g/mol. The minimum atomic E-state index is -0.0186. The normalized spacial score (nSPS) is 14.6. The molecule has 2 aromatic rings. The van der Waals surface area contributed by atoms with Gasteiger partial charge in [0.1, 0.15) is 0 Å². The van der Waals surface area contributed by atoms with Crippen molar-refractivity contribution in [2.75, 3.05) is 18.4 Å². The van der Waals surface area contributed by atoms with Crippen LogP contribution in [0.4, 0.5) is 11.5 Å². The summed E-state index contributed by atoms with van der Waals surface area (Å²) >= 11 is 0. The van der Waals surface area contributed by atoms with Crippen LogP contribution in [0.5, 0.6) is 0 Å². The second-order valence-electron chi connectivity index (χ2n) is 6.08. The summed E-state index contributed by atoms with van der Waals surface area (Å²) in [6.45, 7) is 5.80. The molecule has 5 nitrogen and oxygen atoms in total. The maximum atomic E-state index is 12.4. The number of aromatic nitrogens is 2. The van der Waals surface area contributed by atoms with Gasteiger partial charge >= 0.3 is 0 Å². The Hall–Kier alpha value is -2.43. The Labute approximate surface area is 136 Å². The third-order valence-electron chi connectivity index (χ3n) is 4.31. The number of hydrogen-bond donors (Lipinski definition) is 1. The molecule has 1 amide bonds. The molecule has 1 fully saturated rings. The van der Waals surface area contributed by atoms with Crippen LogP contribution < -0.4 is 5.32 Å². The number of nitrogens with one attached hydrogen (secondary N) is 1. The number of rotatable bonds is 3. The van der Waals surface area contributed by atoms with E-state index in [4.69, 9.17) is 0 Å². The van der Waals surface area contributed by atoms with Gasteiger partial charge in [0, 0.05) is 18.8 Å². The van der Waals surface area contributed by atoms with Crippen LogP contribution in [0.15, 0.2) is 30.3 Å². The topological polar surface area (TPSA) is 58.1 Å². The zero-order chi connectivity index (χ0) is 16.2. The van der Waals surface area contributed by atoms with Gasteiger partial charge in [-0.05, 0) is 68.5 Å². The van der Waals surface area contributed by atoms with Gasteiger partial charge in [0.25, 0.3) is 5.91 Å². The van der Waals surface area contributed by atoms with Crippen molar-refractivity contribution < 1.29 is 4.79 Å². The molecule has 0 saturated carbocycles. The largest absolute Gasteiger partial charge is 0.339 e. The fraction of sp³-hybridized carbons (Fsp3) is 0.389.